The molecule has 2 heterocycles. The van der Waals surface area contributed by atoms with Gasteiger partial charge in [-0.25, -0.2) is 14.1 Å². The minimum Gasteiger partial charge on any atom is -0.349 e. The average molecular weight is 289 g/mol. The van der Waals surface area contributed by atoms with Crippen LogP contribution in [0.1, 0.15) is 16.4 Å². The highest BCUT2D eigenvalue weighted by molar-refractivity contribution is 5.90. The predicted octanol–water partition coefficient (Wildman–Crippen LogP) is 0.664. The van der Waals surface area contributed by atoms with Gasteiger partial charge in [0.15, 0.2) is 0 Å². The van der Waals surface area contributed by atoms with Crippen LogP contribution >= 0.6 is 0 Å². The highest BCUT2D eigenvalue weighted by Gasteiger charge is 2.20. The summed E-state index contributed by atoms with van der Waals surface area (Å²) in [5, 5.41) is 10.2. The SMILES string of the molecule is Cc1nc(C(=O)NCC2CNC2)nn1-c1ccc(F)cc1. The Bertz CT molecular complexity index is 648. The Morgan fingerprint density at radius 1 is 1.43 bits per heavy atom. The first-order valence-electron chi connectivity index (χ1n) is 6.82. The highest BCUT2D eigenvalue weighted by atomic mass is 19.1. The molecule has 0 unspecified atom stereocenters. The number of hydrogen-bond donors (Lipinski definition) is 2. The van der Waals surface area contributed by atoms with Crippen molar-refractivity contribution in [2.75, 3.05) is 19.6 Å². The molecule has 1 fully saturated rings. The van der Waals surface area contributed by atoms with E-state index in [9.17, 15) is 9.18 Å². The normalized spacial score (nSPS) is 14.8. The van der Waals surface area contributed by atoms with Crippen LogP contribution in [0.2, 0.25) is 0 Å². The van der Waals surface area contributed by atoms with Gasteiger partial charge >= 0.3 is 0 Å². The maximum atomic E-state index is 12.9. The van der Waals surface area contributed by atoms with Gasteiger partial charge in [-0.05, 0) is 31.2 Å². The quantitative estimate of drug-likeness (QED) is 0.867. The molecule has 0 radical (unpaired) electrons. The number of aryl methyl sites for hydroxylation is 1. The van der Waals surface area contributed by atoms with Gasteiger partial charge in [0.1, 0.15) is 11.6 Å². The van der Waals surface area contributed by atoms with Crippen molar-refractivity contribution in [3.05, 3.63) is 41.7 Å². The van der Waals surface area contributed by atoms with Crippen LogP contribution in [0.15, 0.2) is 24.3 Å². The van der Waals surface area contributed by atoms with E-state index in [1.165, 1.54) is 16.8 Å². The van der Waals surface area contributed by atoms with Gasteiger partial charge in [-0.1, -0.05) is 0 Å². The Morgan fingerprint density at radius 2 is 2.14 bits per heavy atom. The van der Waals surface area contributed by atoms with E-state index in [2.05, 4.69) is 20.7 Å². The fourth-order valence-corrected chi connectivity index (χ4v) is 2.12. The van der Waals surface area contributed by atoms with Crippen molar-refractivity contribution in [3.8, 4) is 5.69 Å². The van der Waals surface area contributed by atoms with E-state index in [4.69, 9.17) is 0 Å². The van der Waals surface area contributed by atoms with Crippen LogP contribution in [0.25, 0.3) is 5.69 Å². The second-order valence-electron chi connectivity index (χ2n) is 5.11. The minimum absolute atomic E-state index is 0.129. The molecule has 1 aliphatic rings. The number of halogens is 1. The molecule has 0 saturated carbocycles. The molecule has 0 bridgehead atoms. The number of carbonyl (C=O) groups excluding carboxylic acids is 1. The molecule has 7 heteroatoms. The van der Waals surface area contributed by atoms with Crippen LogP contribution in [-0.4, -0.2) is 40.3 Å². The van der Waals surface area contributed by atoms with E-state index in [1.54, 1.807) is 19.1 Å². The molecule has 1 aromatic carbocycles. The molecule has 110 valence electrons. The number of nitrogens with zero attached hydrogens (tertiary/aromatic N) is 3. The molecule has 21 heavy (non-hydrogen) atoms. The van der Waals surface area contributed by atoms with Crippen molar-refractivity contribution in [1.82, 2.24) is 25.4 Å². The first-order valence-corrected chi connectivity index (χ1v) is 6.82. The van der Waals surface area contributed by atoms with Gasteiger partial charge in [0.2, 0.25) is 5.82 Å². The first kappa shape index (κ1) is 13.7. The summed E-state index contributed by atoms with van der Waals surface area (Å²) in [6.07, 6.45) is 0. The lowest BCUT2D eigenvalue weighted by atomic mass is 10.0. The Morgan fingerprint density at radius 3 is 2.76 bits per heavy atom. The fourth-order valence-electron chi connectivity index (χ4n) is 2.12. The first-order chi connectivity index (χ1) is 10.1. The van der Waals surface area contributed by atoms with Gasteiger partial charge in [-0.15, -0.1) is 5.10 Å². The lowest BCUT2D eigenvalue weighted by Crippen LogP contribution is -2.48. The summed E-state index contributed by atoms with van der Waals surface area (Å²) in [6.45, 7) is 4.23. The molecule has 2 aromatic rings. The number of nitrogens with one attached hydrogen (secondary N) is 2. The molecular formula is C14H16FN5O. The van der Waals surface area contributed by atoms with Gasteiger partial charge < -0.3 is 10.6 Å². The predicted molar refractivity (Wildman–Crippen MR) is 74.7 cm³/mol. The zero-order chi connectivity index (χ0) is 14.8. The third kappa shape index (κ3) is 2.92. The third-order valence-electron chi connectivity index (χ3n) is 3.46. The number of carbonyl (C=O) groups is 1. The molecule has 3 rings (SSSR count). The summed E-state index contributed by atoms with van der Waals surface area (Å²) >= 11 is 0. The third-order valence-corrected chi connectivity index (χ3v) is 3.46. The van der Waals surface area contributed by atoms with Gasteiger partial charge in [-0.2, -0.15) is 0 Å². The molecule has 2 N–H and O–H groups in total. The van der Waals surface area contributed by atoms with Gasteiger partial charge in [0, 0.05) is 25.6 Å². The number of rotatable bonds is 4. The molecule has 1 aromatic heterocycles. The van der Waals surface area contributed by atoms with Crippen LogP contribution in [0.5, 0.6) is 0 Å². The standard InChI is InChI=1S/C14H16FN5O/c1-9-18-13(14(21)17-8-10-6-16-7-10)19-20(9)12-4-2-11(15)3-5-12/h2-5,10,16H,6-8H2,1H3,(H,17,21). The molecule has 0 aliphatic carbocycles. The Hall–Kier alpha value is -2.28. The number of amides is 1. The average Bonchev–Trinajstić information content (AvgIpc) is 2.80. The largest absolute Gasteiger partial charge is 0.349 e. The lowest BCUT2D eigenvalue weighted by molar-refractivity contribution is 0.0932. The van der Waals surface area contributed by atoms with Crippen LogP contribution in [0.3, 0.4) is 0 Å². The Labute approximate surface area is 121 Å². The van der Waals surface area contributed by atoms with E-state index in [1.807, 2.05) is 0 Å². The summed E-state index contributed by atoms with van der Waals surface area (Å²) in [5.74, 6) is 0.588. The second-order valence-corrected chi connectivity index (χ2v) is 5.11. The summed E-state index contributed by atoms with van der Waals surface area (Å²) in [6, 6.07) is 5.89. The number of hydrogen-bond acceptors (Lipinski definition) is 4. The monoisotopic (exact) mass is 289 g/mol. The molecule has 1 saturated heterocycles. The summed E-state index contributed by atoms with van der Waals surface area (Å²) in [5.41, 5.74) is 0.670. The fraction of sp³-hybridized carbons (Fsp3) is 0.357. The topological polar surface area (TPSA) is 71.8 Å². The summed E-state index contributed by atoms with van der Waals surface area (Å²) < 4.78 is 14.5. The molecule has 1 aliphatic heterocycles. The van der Waals surface area contributed by atoms with Crippen molar-refractivity contribution >= 4 is 5.91 Å². The molecule has 0 spiro atoms. The van der Waals surface area contributed by atoms with Crippen LogP contribution in [-0.2, 0) is 0 Å². The van der Waals surface area contributed by atoms with Crippen LogP contribution in [0, 0.1) is 18.7 Å². The van der Waals surface area contributed by atoms with E-state index in [0.29, 0.717) is 24.0 Å². The van der Waals surface area contributed by atoms with Crippen molar-refractivity contribution in [1.29, 1.82) is 0 Å². The number of benzene rings is 1. The van der Waals surface area contributed by atoms with Crippen molar-refractivity contribution in [2.24, 2.45) is 5.92 Å². The van der Waals surface area contributed by atoms with E-state index in [-0.39, 0.29) is 17.5 Å². The maximum absolute atomic E-state index is 12.9. The molecule has 6 nitrogen and oxygen atoms in total. The summed E-state index contributed by atoms with van der Waals surface area (Å²) in [7, 11) is 0. The van der Waals surface area contributed by atoms with Crippen molar-refractivity contribution in [2.45, 2.75) is 6.92 Å². The van der Waals surface area contributed by atoms with Crippen molar-refractivity contribution < 1.29 is 9.18 Å². The molecule has 1 amide bonds. The van der Waals surface area contributed by atoms with E-state index >= 15 is 0 Å². The lowest BCUT2D eigenvalue weighted by Gasteiger charge is -2.26. The molecular weight excluding hydrogens is 273 g/mol. The smallest absolute Gasteiger partial charge is 0.290 e. The van der Waals surface area contributed by atoms with E-state index < -0.39 is 0 Å². The van der Waals surface area contributed by atoms with Gasteiger partial charge in [0.25, 0.3) is 5.91 Å². The van der Waals surface area contributed by atoms with Crippen LogP contribution < -0.4 is 10.6 Å². The van der Waals surface area contributed by atoms with Gasteiger partial charge in [0.05, 0.1) is 5.69 Å². The van der Waals surface area contributed by atoms with Gasteiger partial charge in [-0.3, -0.25) is 4.79 Å². The second kappa shape index (κ2) is 5.61. The van der Waals surface area contributed by atoms with Crippen LogP contribution in [0.4, 0.5) is 4.39 Å². The minimum atomic E-state index is -0.316. The Balaban J connectivity index is 1.73. The Kier molecular flexibility index (Phi) is 3.66. The summed E-state index contributed by atoms with van der Waals surface area (Å²) in [4.78, 5) is 16.2. The molecule has 0 atom stereocenters. The number of aromatic nitrogens is 3. The van der Waals surface area contributed by atoms with Crippen molar-refractivity contribution in [3.63, 3.8) is 0 Å². The maximum Gasteiger partial charge on any atom is 0.290 e. The highest BCUT2D eigenvalue weighted by Crippen LogP contribution is 2.10. The zero-order valence-corrected chi connectivity index (χ0v) is 11.6. The zero-order valence-electron chi connectivity index (χ0n) is 11.6. The van der Waals surface area contributed by atoms with E-state index in [0.717, 1.165) is 13.1 Å².